The molecule has 1 aliphatic rings. The zero-order chi connectivity index (χ0) is 10.3. The molecule has 0 amide bonds. The molecule has 0 aromatic heterocycles. The van der Waals surface area contributed by atoms with Crippen molar-refractivity contribution < 1.29 is 55.2 Å². The van der Waals surface area contributed by atoms with Crippen LogP contribution in [0.1, 0.15) is 27.9 Å². The minimum Gasteiger partial charge on any atom is -1.00 e. The van der Waals surface area contributed by atoms with Crippen molar-refractivity contribution in [3.05, 3.63) is 34.9 Å². The van der Waals surface area contributed by atoms with Crippen LogP contribution in [0.25, 0.3) is 0 Å². The molecule has 0 fully saturated rings. The third kappa shape index (κ3) is 4.64. The minimum absolute atomic E-state index is 0. The van der Waals surface area contributed by atoms with E-state index in [1.54, 1.807) is 0 Å². The number of rotatable bonds is 0. The second-order valence-corrected chi connectivity index (χ2v) is 3.29. The van der Waals surface area contributed by atoms with Gasteiger partial charge in [-0.15, -0.1) is 0 Å². The van der Waals surface area contributed by atoms with Gasteiger partial charge >= 0.3 is 23.5 Å². The molecule has 18 heavy (non-hydrogen) atoms. The average molecular weight is 333 g/mol. The minimum atomic E-state index is -4.36. The van der Waals surface area contributed by atoms with E-state index in [0.717, 1.165) is 17.7 Å². The Kier molecular flexibility index (Phi) is 10.7. The van der Waals surface area contributed by atoms with Crippen LogP contribution in [-0.2, 0) is 12.6 Å². The van der Waals surface area contributed by atoms with Gasteiger partial charge in [0.25, 0.3) is 0 Å². The molecule has 0 saturated heterocycles. The maximum absolute atomic E-state index is 12.3. The van der Waals surface area contributed by atoms with Crippen molar-refractivity contribution in [1.82, 2.24) is 0 Å². The van der Waals surface area contributed by atoms with E-state index in [1.807, 2.05) is 0 Å². The van der Waals surface area contributed by atoms with E-state index in [2.05, 4.69) is 0 Å². The predicted molar refractivity (Wildman–Crippen MR) is 49.8 cm³/mol. The van der Waals surface area contributed by atoms with Gasteiger partial charge in [-0.05, 0) is 24.1 Å². The van der Waals surface area contributed by atoms with Crippen LogP contribution in [0.5, 0.6) is 0 Å². The topological polar surface area (TPSA) is 17.1 Å². The Morgan fingerprint density at radius 2 is 1.56 bits per heavy atom. The van der Waals surface area contributed by atoms with Gasteiger partial charge in [0.1, 0.15) is 0 Å². The van der Waals surface area contributed by atoms with Crippen molar-refractivity contribution in [2.24, 2.45) is 0 Å². The Bertz CT molecular complexity index is 410. The quantitative estimate of drug-likeness (QED) is 0.432. The Hall–Kier alpha value is 0.0825. The molecule has 0 N–H and O–H groups in total. The number of alkyl halides is 3. The molecule has 0 spiro atoms. The van der Waals surface area contributed by atoms with Gasteiger partial charge in [-0.1, -0.05) is 6.07 Å². The normalized spacial score (nSPS) is 12.3. The molecule has 0 bridgehead atoms. The largest absolute Gasteiger partial charge is 3.00 e. The van der Waals surface area contributed by atoms with Crippen LogP contribution >= 0.6 is 0 Å². The summed E-state index contributed by atoms with van der Waals surface area (Å²) in [5, 5.41) is 0. The summed E-state index contributed by atoms with van der Waals surface area (Å²) in [7, 11) is 0. The molecule has 0 radical (unpaired) electrons. The zero-order valence-corrected chi connectivity index (χ0v) is 12.3. The predicted octanol–water partition coefficient (Wildman–Crippen LogP) is -6.53. The molecule has 0 atom stereocenters. The van der Waals surface area contributed by atoms with Crippen LogP contribution in [0.2, 0.25) is 0 Å². The molecule has 1 aliphatic carbocycles. The van der Waals surface area contributed by atoms with Gasteiger partial charge in [0.2, 0.25) is 0 Å². The van der Waals surface area contributed by atoms with Crippen LogP contribution in [0.3, 0.4) is 0 Å². The van der Waals surface area contributed by atoms with Gasteiger partial charge in [-0.2, -0.15) is 13.2 Å². The SMILES string of the molecule is O=C1CCc2ccc(C(F)(F)F)cc21.[Al+3].[Cl-].[Cl-].[Cl-]. The number of benzene rings is 1. The summed E-state index contributed by atoms with van der Waals surface area (Å²) in [5.74, 6) is -0.189. The van der Waals surface area contributed by atoms with E-state index < -0.39 is 11.7 Å². The summed E-state index contributed by atoms with van der Waals surface area (Å²) in [4.78, 5) is 11.2. The molecule has 0 saturated carbocycles. The fourth-order valence-corrected chi connectivity index (χ4v) is 1.61. The van der Waals surface area contributed by atoms with E-state index in [9.17, 15) is 18.0 Å². The zero-order valence-electron chi connectivity index (χ0n) is 8.90. The van der Waals surface area contributed by atoms with E-state index in [0.29, 0.717) is 12.8 Å². The third-order valence-electron chi connectivity index (χ3n) is 2.36. The van der Waals surface area contributed by atoms with Crippen LogP contribution in [0.15, 0.2) is 18.2 Å². The number of hydrogen-bond acceptors (Lipinski definition) is 1. The van der Waals surface area contributed by atoms with E-state index >= 15 is 0 Å². The van der Waals surface area contributed by atoms with Crippen molar-refractivity contribution in [2.75, 3.05) is 0 Å². The number of carbonyl (C=O) groups excluding carboxylic acids is 1. The molecule has 0 aliphatic heterocycles. The first-order valence-corrected chi connectivity index (χ1v) is 4.22. The number of Topliss-reactive ketones (excluding diaryl/α,β-unsaturated/α-hetero) is 1. The van der Waals surface area contributed by atoms with Crippen molar-refractivity contribution in [3.8, 4) is 0 Å². The molecule has 0 heterocycles. The summed E-state index contributed by atoms with van der Waals surface area (Å²) in [5.41, 5.74) is 0.217. The van der Waals surface area contributed by atoms with Gasteiger partial charge in [-0.3, -0.25) is 4.79 Å². The number of fused-ring (bicyclic) bond motifs is 1. The first-order chi connectivity index (χ1) is 6.48. The fraction of sp³-hybridized carbons (Fsp3) is 0.300. The Morgan fingerprint density at radius 3 is 2.06 bits per heavy atom. The maximum Gasteiger partial charge on any atom is 3.00 e. The van der Waals surface area contributed by atoms with Crippen LogP contribution in [-0.4, -0.2) is 23.1 Å². The van der Waals surface area contributed by atoms with Gasteiger partial charge in [-0.25, -0.2) is 0 Å². The molecule has 0 unspecified atom stereocenters. The van der Waals surface area contributed by atoms with Crippen LogP contribution in [0.4, 0.5) is 13.2 Å². The number of aryl methyl sites for hydroxylation is 1. The van der Waals surface area contributed by atoms with Crippen molar-refractivity contribution in [1.29, 1.82) is 0 Å². The van der Waals surface area contributed by atoms with Gasteiger partial charge in [0.05, 0.1) is 5.56 Å². The molecule has 1 nitrogen and oxygen atoms in total. The third-order valence-corrected chi connectivity index (χ3v) is 2.36. The van der Waals surface area contributed by atoms with Crippen LogP contribution in [0, 0.1) is 0 Å². The number of carbonyl (C=O) groups is 1. The monoisotopic (exact) mass is 332 g/mol. The Morgan fingerprint density at radius 1 is 1.00 bits per heavy atom. The first-order valence-electron chi connectivity index (χ1n) is 4.22. The smallest absolute Gasteiger partial charge is 1.00 e. The Balaban J connectivity index is -0.000000562. The van der Waals surface area contributed by atoms with Gasteiger partial charge in [0.15, 0.2) is 5.78 Å². The second-order valence-electron chi connectivity index (χ2n) is 3.29. The van der Waals surface area contributed by atoms with E-state index in [4.69, 9.17) is 0 Å². The van der Waals surface area contributed by atoms with Crippen molar-refractivity contribution >= 4 is 23.1 Å². The summed E-state index contributed by atoms with van der Waals surface area (Å²) in [6, 6.07) is 3.37. The molecule has 2 rings (SSSR count). The molecule has 8 heteroatoms. The maximum atomic E-state index is 12.3. The molecular formula is C10H7AlCl3F3O. The van der Waals surface area contributed by atoms with Crippen molar-refractivity contribution in [3.63, 3.8) is 0 Å². The fourth-order valence-electron chi connectivity index (χ4n) is 1.61. The van der Waals surface area contributed by atoms with Crippen molar-refractivity contribution in [2.45, 2.75) is 19.0 Å². The number of halogens is 6. The molecular weight excluding hydrogens is 326 g/mol. The number of hydrogen-bond donors (Lipinski definition) is 0. The van der Waals surface area contributed by atoms with Crippen LogP contribution < -0.4 is 37.2 Å². The molecule has 1 aromatic carbocycles. The first kappa shape index (κ1) is 23.2. The summed E-state index contributed by atoms with van der Waals surface area (Å²) in [6.07, 6.45) is -3.47. The molecule has 98 valence electrons. The standard InChI is InChI=1S/C10H7F3O.Al.3ClH/c11-10(12,13)7-3-1-6-2-4-9(14)8(6)5-7;;;;/h1,3,5H,2,4H2;;3*1H/q;+3;;;/p-3. The molecule has 1 aromatic rings. The number of ketones is 1. The van der Waals surface area contributed by atoms with Gasteiger partial charge < -0.3 is 37.2 Å². The average Bonchev–Trinajstić information content (AvgIpc) is 2.46. The summed E-state index contributed by atoms with van der Waals surface area (Å²) < 4.78 is 36.8. The summed E-state index contributed by atoms with van der Waals surface area (Å²) in [6.45, 7) is 0. The summed E-state index contributed by atoms with van der Waals surface area (Å²) >= 11 is 0. The van der Waals surface area contributed by atoms with Gasteiger partial charge in [0, 0.05) is 12.0 Å². The second kappa shape index (κ2) is 8.29. The van der Waals surface area contributed by atoms with E-state index in [-0.39, 0.29) is 65.9 Å². The Labute approximate surface area is 132 Å². The van der Waals surface area contributed by atoms with E-state index in [1.165, 1.54) is 6.07 Å².